The summed E-state index contributed by atoms with van der Waals surface area (Å²) in [5.41, 5.74) is 3.04. The molecule has 0 unspecified atom stereocenters. The first-order chi connectivity index (χ1) is 11.7. The highest BCUT2D eigenvalue weighted by Gasteiger charge is 2.15. The molecule has 2 aromatic rings. The highest BCUT2D eigenvalue weighted by atomic mass is 35.5. The third-order valence-electron chi connectivity index (χ3n) is 3.82. The molecule has 0 N–H and O–H groups in total. The molecule has 0 aliphatic carbocycles. The quantitative estimate of drug-likeness (QED) is 0.533. The summed E-state index contributed by atoms with van der Waals surface area (Å²) in [6.45, 7) is 0.703. The number of fused-ring (bicyclic) bond motifs is 1. The molecule has 0 radical (unpaired) electrons. The number of aromatic nitrogens is 3. The van der Waals surface area contributed by atoms with Crippen molar-refractivity contribution in [2.45, 2.75) is 6.54 Å². The lowest BCUT2D eigenvalue weighted by molar-refractivity contribution is 0.630. The monoisotopic (exact) mass is 337 g/mol. The van der Waals surface area contributed by atoms with Crippen LogP contribution in [0.4, 0.5) is 4.39 Å². The van der Waals surface area contributed by atoms with Crippen LogP contribution < -0.4 is 0 Å². The average molecular weight is 338 g/mol. The van der Waals surface area contributed by atoms with Gasteiger partial charge >= 0.3 is 0 Å². The molecular weight excluding hydrogens is 325 g/mol. The van der Waals surface area contributed by atoms with E-state index in [0.29, 0.717) is 17.9 Å². The molecule has 2 heterocycles. The van der Waals surface area contributed by atoms with Crippen LogP contribution in [0, 0.1) is 5.82 Å². The SMILES string of the molecule is Fc1ccccc1-c1nc2ccn(Cc3ccc(Cl)cc3)cc-2n1. The van der Waals surface area contributed by atoms with E-state index in [2.05, 4.69) is 9.97 Å². The second-order valence-electron chi connectivity index (χ2n) is 5.54. The molecule has 4 rings (SSSR count). The van der Waals surface area contributed by atoms with Gasteiger partial charge in [-0.15, -0.1) is 0 Å². The van der Waals surface area contributed by atoms with E-state index in [1.807, 2.05) is 47.3 Å². The number of rotatable bonds is 3. The van der Waals surface area contributed by atoms with E-state index < -0.39 is 0 Å². The molecule has 0 bridgehead atoms. The van der Waals surface area contributed by atoms with Crippen LogP contribution in [0.25, 0.3) is 22.8 Å². The van der Waals surface area contributed by atoms with Crippen LogP contribution in [0.15, 0.2) is 67.0 Å². The van der Waals surface area contributed by atoms with Gasteiger partial charge in [0.05, 0.1) is 11.3 Å². The molecule has 3 nitrogen and oxygen atoms in total. The van der Waals surface area contributed by atoms with Crippen molar-refractivity contribution in [2.24, 2.45) is 0 Å². The Labute approximate surface area is 143 Å². The number of hydrogen-bond acceptors (Lipinski definition) is 2. The van der Waals surface area contributed by atoms with Gasteiger partial charge in [-0.1, -0.05) is 35.9 Å². The van der Waals surface area contributed by atoms with Crippen LogP contribution in [0.3, 0.4) is 0 Å². The van der Waals surface area contributed by atoms with Crippen molar-refractivity contribution in [3.63, 3.8) is 0 Å². The maximum absolute atomic E-state index is 13.9. The minimum Gasteiger partial charge on any atom is -0.348 e. The zero-order valence-electron chi connectivity index (χ0n) is 12.7. The predicted octanol–water partition coefficient (Wildman–Crippen LogP) is 4.89. The van der Waals surface area contributed by atoms with Gasteiger partial charge in [-0.2, -0.15) is 0 Å². The van der Waals surface area contributed by atoms with Crippen molar-refractivity contribution in [3.05, 3.63) is 83.4 Å². The smallest absolute Gasteiger partial charge is 0.163 e. The first-order valence-electron chi connectivity index (χ1n) is 7.52. The highest BCUT2D eigenvalue weighted by Crippen LogP contribution is 2.26. The Morgan fingerprint density at radius 1 is 0.917 bits per heavy atom. The summed E-state index contributed by atoms with van der Waals surface area (Å²) < 4.78 is 15.9. The van der Waals surface area contributed by atoms with E-state index in [9.17, 15) is 4.39 Å². The molecule has 0 aromatic heterocycles. The Kier molecular flexibility index (Phi) is 3.75. The van der Waals surface area contributed by atoms with Gasteiger partial charge in [0.1, 0.15) is 11.5 Å². The van der Waals surface area contributed by atoms with Gasteiger partial charge in [-0.05, 0) is 35.9 Å². The van der Waals surface area contributed by atoms with Crippen LogP contribution in [-0.4, -0.2) is 14.5 Å². The van der Waals surface area contributed by atoms with Crippen LogP contribution in [0.1, 0.15) is 5.56 Å². The summed E-state index contributed by atoms with van der Waals surface area (Å²) >= 11 is 5.91. The molecule has 24 heavy (non-hydrogen) atoms. The molecule has 0 atom stereocenters. The first kappa shape index (κ1) is 14.8. The Morgan fingerprint density at radius 2 is 1.67 bits per heavy atom. The summed E-state index contributed by atoms with van der Waals surface area (Å²) in [6.07, 6.45) is 3.86. The normalized spacial score (nSPS) is 11.1. The van der Waals surface area contributed by atoms with E-state index in [1.165, 1.54) is 6.07 Å². The highest BCUT2D eigenvalue weighted by molar-refractivity contribution is 6.30. The van der Waals surface area contributed by atoms with Crippen molar-refractivity contribution in [3.8, 4) is 22.8 Å². The zero-order chi connectivity index (χ0) is 16.5. The average Bonchev–Trinajstić information content (AvgIpc) is 3.00. The topological polar surface area (TPSA) is 30.7 Å². The fourth-order valence-electron chi connectivity index (χ4n) is 2.61. The van der Waals surface area contributed by atoms with Crippen molar-refractivity contribution >= 4 is 11.6 Å². The fourth-order valence-corrected chi connectivity index (χ4v) is 2.74. The number of benzene rings is 2. The van der Waals surface area contributed by atoms with E-state index in [-0.39, 0.29) is 5.82 Å². The van der Waals surface area contributed by atoms with Gasteiger partial charge in [0.2, 0.25) is 0 Å². The minimum absolute atomic E-state index is 0.318. The second kappa shape index (κ2) is 6.06. The number of imidazole rings is 1. The van der Waals surface area contributed by atoms with Crippen molar-refractivity contribution in [1.82, 2.24) is 14.5 Å². The number of halogens is 2. The maximum atomic E-state index is 13.9. The summed E-state index contributed by atoms with van der Waals surface area (Å²) in [4.78, 5) is 8.89. The molecule has 0 saturated carbocycles. The molecule has 0 spiro atoms. The zero-order valence-corrected chi connectivity index (χ0v) is 13.4. The fraction of sp³-hybridized carbons (Fsp3) is 0.0526. The summed E-state index contributed by atoms with van der Waals surface area (Å²) in [5.74, 6) is 0.0918. The van der Waals surface area contributed by atoms with Gasteiger partial charge < -0.3 is 4.57 Å². The van der Waals surface area contributed by atoms with Crippen molar-refractivity contribution < 1.29 is 4.39 Å². The molecule has 118 valence electrons. The van der Waals surface area contributed by atoms with Crippen LogP contribution in [0.5, 0.6) is 0 Å². The molecule has 5 heteroatoms. The van der Waals surface area contributed by atoms with E-state index in [4.69, 9.17) is 11.6 Å². The minimum atomic E-state index is -0.318. The molecule has 2 aliphatic rings. The van der Waals surface area contributed by atoms with Gasteiger partial charge in [0, 0.05) is 24.0 Å². The summed E-state index contributed by atoms with van der Waals surface area (Å²) in [7, 11) is 0. The third kappa shape index (κ3) is 2.88. The van der Waals surface area contributed by atoms with E-state index in [0.717, 1.165) is 22.0 Å². The lowest BCUT2D eigenvalue weighted by atomic mass is 10.2. The Bertz CT molecular complexity index is 963. The van der Waals surface area contributed by atoms with Crippen molar-refractivity contribution in [2.75, 3.05) is 0 Å². The molecule has 2 aliphatic heterocycles. The molecule has 0 saturated heterocycles. The summed E-state index contributed by atoms with van der Waals surface area (Å²) in [6, 6.07) is 16.1. The van der Waals surface area contributed by atoms with E-state index >= 15 is 0 Å². The van der Waals surface area contributed by atoms with E-state index in [1.54, 1.807) is 18.2 Å². The maximum Gasteiger partial charge on any atom is 0.163 e. The Hall–Kier alpha value is -2.72. The predicted molar refractivity (Wildman–Crippen MR) is 92.6 cm³/mol. The number of pyridine rings is 1. The van der Waals surface area contributed by atoms with Gasteiger partial charge in [0.15, 0.2) is 5.82 Å². The Balaban J connectivity index is 1.68. The van der Waals surface area contributed by atoms with Crippen LogP contribution in [-0.2, 0) is 6.54 Å². The third-order valence-corrected chi connectivity index (χ3v) is 4.07. The first-order valence-corrected chi connectivity index (χ1v) is 7.90. The number of hydrogen-bond donors (Lipinski definition) is 0. The van der Waals surface area contributed by atoms with Crippen LogP contribution in [0.2, 0.25) is 5.02 Å². The largest absolute Gasteiger partial charge is 0.348 e. The number of nitrogens with zero attached hydrogens (tertiary/aromatic N) is 3. The molecule has 0 fully saturated rings. The van der Waals surface area contributed by atoms with Gasteiger partial charge in [0.25, 0.3) is 0 Å². The molecular formula is C19H13ClFN3. The Morgan fingerprint density at radius 3 is 2.46 bits per heavy atom. The van der Waals surface area contributed by atoms with Gasteiger partial charge in [-0.3, -0.25) is 0 Å². The second-order valence-corrected chi connectivity index (χ2v) is 5.98. The van der Waals surface area contributed by atoms with Gasteiger partial charge in [-0.25, -0.2) is 14.4 Å². The lowest BCUT2D eigenvalue weighted by Gasteiger charge is -2.08. The lowest BCUT2D eigenvalue weighted by Crippen LogP contribution is -2.00. The summed E-state index contributed by atoms with van der Waals surface area (Å²) in [5, 5.41) is 0.718. The molecule has 2 aromatic carbocycles. The molecule has 0 amide bonds. The standard InChI is InChI=1S/C19H13ClFN3/c20-14-7-5-13(6-8-14)11-24-10-9-17-18(12-24)23-19(22-17)15-3-1-2-4-16(15)21/h1-10,12H,11H2. The van der Waals surface area contributed by atoms with Crippen molar-refractivity contribution in [1.29, 1.82) is 0 Å². The van der Waals surface area contributed by atoms with Crippen LogP contribution >= 0.6 is 11.6 Å².